The summed E-state index contributed by atoms with van der Waals surface area (Å²) in [5, 5.41) is 11.9. The number of nitrogens with zero attached hydrogens (tertiary/aromatic N) is 1. The third-order valence-electron chi connectivity index (χ3n) is 3.25. The molecule has 1 unspecified atom stereocenters. The number of hydrogen-bond donors (Lipinski definition) is 0. The van der Waals surface area contributed by atoms with E-state index in [1.165, 1.54) is 6.07 Å². The van der Waals surface area contributed by atoms with E-state index in [9.17, 15) is 9.90 Å². The van der Waals surface area contributed by atoms with Gasteiger partial charge in [0.2, 0.25) is 0 Å². The molecule has 104 valence electrons. The van der Waals surface area contributed by atoms with Crippen molar-refractivity contribution in [3.63, 3.8) is 0 Å². The molecule has 0 saturated carbocycles. The maximum atomic E-state index is 11.3. The molecule has 20 heavy (non-hydrogen) atoms. The van der Waals surface area contributed by atoms with Gasteiger partial charge in [0, 0.05) is 22.7 Å². The zero-order valence-electron chi connectivity index (χ0n) is 11.3. The van der Waals surface area contributed by atoms with Crippen molar-refractivity contribution < 1.29 is 9.90 Å². The Morgan fingerprint density at radius 1 is 1.20 bits per heavy atom. The average Bonchev–Trinajstić information content (AvgIpc) is 2.41. The first kappa shape index (κ1) is 14.5. The van der Waals surface area contributed by atoms with Crippen LogP contribution in [0.4, 0.5) is 0 Å². The summed E-state index contributed by atoms with van der Waals surface area (Å²) in [6.07, 6.45) is 1.60. The highest BCUT2D eigenvalue weighted by Gasteiger charge is 2.22. The third kappa shape index (κ3) is 2.99. The number of benzene rings is 1. The molecule has 2 aromatic rings. The number of aromatic carboxylic acids is 1. The van der Waals surface area contributed by atoms with Gasteiger partial charge in [-0.3, -0.25) is 4.98 Å². The quantitative estimate of drug-likeness (QED) is 0.869. The molecule has 3 nitrogen and oxygen atoms in total. The number of carboxylic acids is 1. The maximum Gasteiger partial charge on any atom is 0.0733 e. The van der Waals surface area contributed by atoms with Crippen LogP contribution in [0.3, 0.4) is 0 Å². The summed E-state index contributed by atoms with van der Waals surface area (Å²) in [4.78, 5) is 15.5. The van der Waals surface area contributed by atoms with Gasteiger partial charge in [-0.1, -0.05) is 37.6 Å². The summed E-state index contributed by atoms with van der Waals surface area (Å²) < 4.78 is 0. The van der Waals surface area contributed by atoms with Crippen LogP contribution in [0.2, 0.25) is 5.02 Å². The van der Waals surface area contributed by atoms with E-state index in [0.29, 0.717) is 10.7 Å². The summed E-state index contributed by atoms with van der Waals surface area (Å²) in [5.74, 6) is -1.11. The summed E-state index contributed by atoms with van der Waals surface area (Å²) >= 11 is 5.90. The molecule has 0 spiro atoms. The van der Waals surface area contributed by atoms with Crippen LogP contribution in [0.5, 0.6) is 0 Å². The van der Waals surface area contributed by atoms with Crippen LogP contribution < -0.4 is 5.11 Å². The zero-order valence-corrected chi connectivity index (χ0v) is 12.1. The first-order valence-electron chi connectivity index (χ1n) is 6.42. The van der Waals surface area contributed by atoms with Crippen LogP contribution in [0.25, 0.3) is 0 Å². The molecule has 4 heteroatoms. The smallest absolute Gasteiger partial charge is 0.0733 e. The molecule has 0 radical (unpaired) electrons. The van der Waals surface area contributed by atoms with Crippen molar-refractivity contribution in [3.05, 3.63) is 64.4 Å². The minimum absolute atomic E-state index is 0.110. The van der Waals surface area contributed by atoms with Crippen LogP contribution in [0.1, 0.15) is 41.4 Å². The van der Waals surface area contributed by atoms with Crippen molar-refractivity contribution in [2.75, 3.05) is 0 Å². The molecule has 0 amide bonds. The molecule has 1 aromatic carbocycles. The largest absolute Gasteiger partial charge is 0.545 e. The van der Waals surface area contributed by atoms with Gasteiger partial charge < -0.3 is 9.90 Å². The van der Waals surface area contributed by atoms with Gasteiger partial charge in [0.05, 0.1) is 11.7 Å². The zero-order chi connectivity index (χ0) is 14.7. The Morgan fingerprint density at radius 2 is 1.85 bits per heavy atom. The van der Waals surface area contributed by atoms with E-state index in [1.807, 2.05) is 26.0 Å². The fourth-order valence-electron chi connectivity index (χ4n) is 2.37. The molecular formula is C16H15ClNO2-. The molecule has 1 atom stereocenters. The molecule has 0 aliphatic rings. The third-order valence-corrected chi connectivity index (χ3v) is 3.50. The van der Waals surface area contributed by atoms with E-state index in [4.69, 9.17) is 11.6 Å². The van der Waals surface area contributed by atoms with E-state index in [1.54, 1.807) is 24.4 Å². The standard InChI is InChI=1S/C16H16ClNO2/c1-10(2)14(11-5-7-12(17)8-6-11)15-13(16(19)20)4-3-9-18-15/h3-10,14H,1-2H3,(H,19,20)/p-1. The van der Waals surface area contributed by atoms with Crippen LogP contribution in [0, 0.1) is 5.92 Å². The predicted octanol–water partition coefficient (Wildman–Crippen LogP) is 2.89. The SMILES string of the molecule is CC(C)C(c1ccc(Cl)cc1)c1ncccc1C(=O)[O-]. The van der Waals surface area contributed by atoms with Crippen molar-refractivity contribution in [2.45, 2.75) is 19.8 Å². The summed E-state index contributed by atoms with van der Waals surface area (Å²) in [6, 6.07) is 10.5. The lowest BCUT2D eigenvalue weighted by molar-refractivity contribution is -0.255. The van der Waals surface area contributed by atoms with E-state index in [-0.39, 0.29) is 17.4 Å². The van der Waals surface area contributed by atoms with Gasteiger partial charge in [0.25, 0.3) is 0 Å². The first-order chi connectivity index (χ1) is 9.50. The summed E-state index contributed by atoms with van der Waals surface area (Å²) in [7, 11) is 0. The van der Waals surface area contributed by atoms with E-state index in [0.717, 1.165) is 5.56 Å². The highest BCUT2D eigenvalue weighted by atomic mass is 35.5. The lowest BCUT2D eigenvalue weighted by atomic mass is 9.83. The highest BCUT2D eigenvalue weighted by Crippen LogP contribution is 2.32. The number of carbonyl (C=O) groups excluding carboxylic acids is 1. The number of pyridine rings is 1. The van der Waals surface area contributed by atoms with E-state index in [2.05, 4.69) is 4.98 Å². The minimum Gasteiger partial charge on any atom is -0.545 e. The fraction of sp³-hybridized carbons (Fsp3) is 0.250. The Kier molecular flexibility index (Phi) is 4.40. The normalized spacial score (nSPS) is 12.4. The summed E-state index contributed by atoms with van der Waals surface area (Å²) in [6.45, 7) is 4.07. The van der Waals surface area contributed by atoms with Crippen LogP contribution in [0.15, 0.2) is 42.6 Å². The second-order valence-electron chi connectivity index (χ2n) is 5.00. The summed E-state index contributed by atoms with van der Waals surface area (Å²) in [5.41, 5.74) is 1.66. The monoisotopic (exact) mass is 288 g/mol. The van der Waals surface area contributed by atoms with E-state index < -0.39 is 5.97 Å². The lowest BCUT2D eigenvalue weighted by Crippen LogP contribution is -2.26. The number of carbonyl (C=O) groups is 1. The van der Waals surface area contributed by atoms with Gasteiger partial charge in [-0.2, -0.15) is 0 Å². The van der Waals surface area contributed by atoms with Gasteiger partial charge in [-0.25, -0.2) is 0 Å². The van der Waals surface area contributed by atoms with Gasteiger partial charge in [0.15, 0.2) is 0 Å². The molecule has 0 aliphatic carbocycles. The first-order valence-corrected chi connectivity index (χ1v) is 6.80. The molecule has 0 saturated heterocycles. The Morgan fingerprint density at radius 3 is 2.40 bits per heavy atom. The van der Waals surface area contributed by atoms with Crippen LogP contribution in [-0.2, 0) is 0 Å². The molecular weight excluding hydrogens is 274 g/mol. The Labute approximate surface area is 123 Å². The average molecular weight is 289 g/mol. The fourth-order valence-corrected chi connectivity index (χ4v) is 2.49. The Balaban J connectivity index is 2.54. The van der Waals surface area contributed by atoms with Crippen LogP contribution >= 0.6 is 11.6 Å². The Bertz CT molecular complexity index is 608. The lowest BCUT2D eigenvalue weighted by Gasteiger charge is -2.23. The van der Waals surface area contributed by atoms with Crippen molar-refractivity contribution in [2.24, 2.45) is 5.92 Å². The van der Waals surface area contributed by atoms with Crippen LogP contribution in [-0.4, -0.2) is 11.0 Å². The number of hydrogen-bond acceptors (Lipinski definition) is 3. The topological polar surface area (TPSA) is 53.0 Å². The minimum atomic E-state index is -1.20. The number of carboxylic acid groups (broad SMARTS) is 1. The molecule has 0 fully saturated rings. The maximum absolute atomic E-state index is 11.3. The van der Waals surface area contributed by atoms with E-state index >= 15 is 0 Å². The molecule has 1 aromatic heterocycles. The molecule has 0 bridgehead atoms. The molecule has 0 aliphatic heterocycles. The van der Waals surface area contributed by atoms with Crippen molar-refractivity contribution in [1.29, 1.82) is 0 Å². The Hall–Kier alpha value is -1.87. The molecule has 2 rings (SSSR count). The second-order valence-corrected chi connectivity index (χ2v) is 5.43. The highest BCUT2D eigenvalue weighted by molar-refractivity contribution is 6.30. The van der Waals surface area contributed by atoms with Crippen molar-refractivity contribution >= 4 is 17.6 Å². The number of aromatic nitrogens is 1. The molecule has 0 N–H and O–H groups in total. The van der Waals surface area contributed by atoms with Gasteiger partial charge in [0.1, 0.15) is 0 Å². The van der Waals surface area contributed by atoms with Gasteiger partial charge in [-0.05, 0) is 35.7 Å². The van der Waals surface area contributed by atoms with Gasteiger partial charge >= 0.3 is 0 Å². The van der Waals surface area contributed by atoms with Gasteiger partial charge in [-0.15, -0.1) is 0 Å². The van der Waals surface area contributed by atoms with Crippen molar-refractivity contribution in [3.8, 4) is 0 Å². The predicted molar refractivity (Wildman–Crippen MR) is 76.7 cm³/mol. The number of halogens is 1. The second kappa shape index (κ2) is 6.06. The molecule has 1 heterocycles. The van der Waals surface area contributed by atoms with Crippen molar-refractivity contribution in [1.82, 2.24) is 4.98 Å². The number of rotatable bonds is 4.